The molecule has 3 heteroatoms. The van der Waals surface area contributed by atoms with Gasteiger partial charge in [-0.1, -0.05) is 0 Å². The quantitative estimate of drug-likeness (QED) is 0.757. The molecule has 1 rings (SSSR count). The molecule has 1 heterocycles. The zero-order chi connectivity index (χ0) is 9.84. The minimum Gasteiger partial charge on any atom is -0.316 e. The van der Waals surface area contributed by atoms with Crippen molar-refractivity contribution in [2.75, 3.05) is 7.05 Å². The molecule has 0 aliphatic rings. The molecular formula is C10H16N2O. The average molecular weight is 180 g/mol. The maximum Gasteiger partial charge on any atom is 0.250 e. The summed E-state index contributed by atoms with van der Waals surface area (Å²) < 4.78 is 1.69. The highest BCUT2D eigenvalue weighted by molar-refractivity contribution is 5.14. The van der Waals surface area contributed by atoms with E-state index in [0.717, 1.165) is 12.1 Å². The van der Waals surface area contributed by atoms with E-state index < -0.39 is 0 Å². The number of pyridine rings is 1. The van der Waals surface area contributed by atoms with E-state index in [9.17, 15) is 4.79 Å². The van der Waals surface area contributed by atoms with E-state index in [1.54, 1.807) is 10.6 Å². The van der Waals surface area contributed by atoms with Crippen molar-refractivity contribution in [1.82, 2.24) is 9.88 Å². The third kappa shape index (κ3) is 2.18. The smallest absolute Gasteiger partial charge is 0.250 e. The van der Waals surface area contributed by atoms with E-state index in [4.69, 9.17) is 0 Å². The van der Waals surface area contributed by atoms with Gasteiger partial charge < -0.3 is 9.88 Å². The summed E-state index contributed by atoms with van der Waals surface area (Å²) in [7, 11) is 1.88. The van der Waals surface area contributed by atoms with Crippen molar-refractivity contribution in [3.63, 3.8) is 0 Å². The highest BCUT2D eigenvalue weighted by Crippen LogP contribution is 2.07. The topological polar surface area (TPSA) is 34.0 Å². The van der Waals surface area contributed by atoms with Crippen LogP contribution >= 0.6 is 0 Å². The molecule has 0 spiro atoms. The SMILES string of the molecule is CCn1ccc(C(C)NC)cc1=O. The molecule has 0 fully saturated rings. The van der Waals surface area contributed by atoms with Gasteiger partial charge >= 0.3 is 0 Å². The maximum atomic E-state index is 11.4. The summed E-state index contributed by atoms with van der Waals surface area (Å²) in [5.41, 5.74) is 1.11. The standard InChI is InChI=1S/C10H16N2O/c1-4-12-6-5-9(7-10(12)13)8(2)11-3/h5-8,11H,4H2,1-3H3. The van der Waals surface area contributed by atoms with Crippen LogP contribution in [0.4, 0.5) is 0 Å². The lowest BCUT2D eigenvalue weighted by atomic mass is 10.1. The van der Waals surface area contributed by atoms with Crippen LogP contribution in [-0.4, -0.2) is 11.6 Å². The van der Waals surface area contributed by atoms with Gasteiger partial charge in [0.05, 0.1) is 0 Å². The first-order valence-electron chi connectivity index (χ1n) is 4.56. The first-order valence-corrected chi connectivity index (χ1v) is 4.56. The largest absolute Gasteiger partial charge is 0.316 e. The Hall–Kier alpha value is -1.09. The molecule has 0 saturated carbocycles. The molecular weight excluding hydrogens is 164 g/mol. The molecule has 72 valence electrons. The third-order valence-corrected chi connectivity index (χ3v) is 2.29. The Balaban J connectivity index is 3.03. The highest BCUT2D eigenvalue weighted by atomic mass is 16.1. The first kappa shape index (κ1) is 9.99. The van der Waals surface area contributed by atoms with Gasteiger partial charge in [0, 0.05) is 24.8 Å². The van der Waals surface area contributed by atoms with Gasteiger partial charge in [0.1, 0.15) is 0 Å². The molecule has 1 unspecified atom stereocenters. The summed E-state index contributed by atoms with van der Waals surface area (Å²) in [6.07, 6.45) is 1.84. The summed E-state index contributed by atoms with van der Waals surface area (Å²) in [4.78, 5) is 11.4. The van der Waals surface area contributed by atoms with Crippen molar-refractivity contribution in [3.8, 4) is 0 Å². The van der Waals surface area contributed by atoms with Crippen LogP contribution in [-0.2, 0) is 6.54 Å². The van der Waals surface area contributed by atoms with E-state index in [2.05, 4.69) is 5.32 Å². The van der Waals surface area contributed by atoms with Crippen LogP contribution in [0.2, 0.25) is 0 Å². The lowest BCUT2D eigenvalue weighted by molar-refractivity contribution is 0.641. The summed E-state index contributed by atoms with van der Waals surface area (Å²) >= 11 is 0. The van der Waals surface area contributed by atoms with Crippen molar-refractivity contribution < 1.29 is 0 Å². The Bertz CT molecular complexity index is 330. The van der Waals surface area contributed by atoms with Gasteiger partial charge in [-0.3, -0.25) is 4.79 Å². The second-order valence-corrected chi connectivity index (χ2v) is 3.09. The molecule has 0 bridgehead atoms. The zero-order valence-corrected chi connectivity index (χ0v) is 8.37. The molecule has 1 N–H and O–H groups in total. The number of hydrogen-bond acceptors (Lipinski definition) is 2. The molecule has 1 aromatic rings. The zero-order valence-electron chi connectivity index (χ0n) is 8.37. The van der Waals surface area contributed by atoms with Gasteiger partial charge in [0.15, 0.2) is 0 Å². The number of aryl methyl sites for hydroxylation is 1. The van der Waals surface area contributed by atoms with Gasteiger partial charge in [0.2, 0.25) is 0 Å². The Morgan fingerprint density at radius 1 is 1.62 bits per heavy atom. The van der Waals surface area contributed by atoms with E-state index in [1.807, 2.05) is 33.2 Å². The van der Waals surface area contributed by atoms with Crippen LogP contribution in [0.1, 0.15) is 25.5 Å². The highest BCUT2D eigenvalue weighted by Gasteiger charge is 2.03. The molecule has 0 saturated heterocycles. The molecule has 1 atom stereocenters. The van der Waals surface area contributed by atoms with Crippen molar-refractivity contribution >= 4 is 0 Å². The summed E-state index contributed by atoms with van der Waals surface area (Å²) in [5.74, 6) is 0. The van der Waals surface area contributed by atoms with E-state index >= 15 is 0 Å². The van der Waals surface area contributed by atoms with Gasteiger partial charge in [-0.05, 0) is 32.5 Å². The number of nitrogens with zero attached hydrogens (tertiary/aromatic N) is 1. The predicted molar refractivity (Wildman–Crippen MR) is 53.9 cm³/mol. The number of hydrogen-bond donors (Lipinski definition) is 1. The van der Waals surface area contributed by atoms with Crippen molar-refractivity contribution in [1.29, 1.82) is 0 Å². The van der Waals surface area contributed by atoms with Crippen molar-refractivity contribution in [2.45, 2.75) is 26.4 Å². The van der Waals surface area contributed by atoms with Gasteiger partial charge in [-0.25, -0.2) is 0 Å². The van der Waals surface area contributed by atoms with Crippen LogP contribution < -0.4 is 10.9 Å². The molecule has 0 amide bonds. The summed E-state index contributed by atoms with van der Waals surface area (Å²) in [6, 6.07) is 3.90. The lowest BCUT2D eigenvalue weighted by Crippen LogP contribution is -2.21. The molecule has 1 aromatic heterocycles. The van der Waals surface area contributed by atoms with E-state index in [-0.39, 0.29) is 11.6 Å². The Kier molecular flexibility index (Phi) is 3.25. The minimum atomic E-state index is 0.0714. The van der Waals surface area contributed by atoms with E-state index in [0.29, 0.717) is 0 Å². The first-order chi connectivity index (χ1) is 6.19. The fraction of sp³-hybridized carbons (Fsp3) is 0.500. The van der Waals surface area contributed by atoms with Crippen LogP contribution in [0.3, 0.4) is 0 Å². The fourth-order valence-electron chi connectivity index (χ4n) is 1.22. The van der Waals surface area contributed by atoms with Crippen molar-refractivity contribution in [3.05, 3.63) is 34.2 Å². The molecule has 0 aliphatic heterocycles. The monoisotopic (exact) mass is 180 g/mol. The van der Waals surface area contributed by atoms with Crippen LogP contribution in [0.5, 0.6) is 0 Å². The predicted octanol–water partition coefficient (Wildman–Crippen LogP) is 1.15. The molecule has 0 radical (unpaired) electrons. The van der Waals surface area contributed by atoms with Gasteiger partial charge in [0.25, 0.3) is 5.56 Å². The molecule has 3 nitrogen and oxygen atoms in total. The summed E-state index contributed by atoms with van der Waals surface area (Å²) in [6.45, 7) is 4.72. The Labute approximate surface area is 78.4 Å². The third-order valence-electron chi connectivity index (χ3n) is 2.29. The van der Waals surface area contributed by atoms with Gasteiger partial charge in [-0.2, -0.15) is 0 Å². The second-order valence-electron chi connectivity index (χ2n) is 3.09. The number of nitrogens with one attached hydrogen (secondary N) is 1. The normalized spacial score (nSPS) is 12.8. The van der Waals surface area contributed by atoms with Crippen molar-refractivity contribution in [2.24, 2.45) is 0 Å². The van der Waals surface area contributed by atoms with Crippen LogP contribution in [0.15, 0.2) is 23.1 Å². The van der Waals surface area contributed by atoms with Gasteiger partial charge in [-0.15, -0.1) is 0 Å². The molecule has 13 heavy (non-hydrogen) atoms. The Morgan fingerprint density at radius 2 is 2.31 bits per heavy atom. The number of rotatable bonds is 3. The number of aromatic nitrogens is 1. The van der Waals surface area contributed by atoms with Crippen LogP contribution in [0.25, 0.3) is 0 Å². The second kappa shape index (κ2) is 4.23. The molecule has 0 aromatic carbocycles. The average Bonchev–Trinajstić information content (AvgIpc) is 2.16. The minimum absolute atomic E-state index is 0.0714. The molecule has 0 aliphatic carbocycles. The fourth-order valence-corrected chi connectivity index (χ4v) is 1.22. The van der Waals surface area contributed by atoms with E-state index in [1.165, 1.54) is 0 Å². The van der Waals surface area contributed by atoms with Crippen LogP contribution in [0, 0.1) is 0 Å². The lowest BCUT2D eigenvalue weighted by Gasteiger charge is -2.10. The Morgan fingerprint density at radius 3 is 2.77 bits per heavy atom. The summed E-state index contributed by atoms with van der Waals surface area (Å²) in [5, 5.41) is 3.10. The maximum absolute atomic E-state index is 11.4.